The monoisotopic (exact) mass is 244 g/mol. The van der Waals surface area contributed by atoms with E-state index in [1.165, 1.54) is 25.7 Å². The van der Waals surface area contributed by atoms with E-state index in [4.69, 9.17) is 4.43 Å². The van der Waals surface area contributed by atoms with Gasteiger partial charge < -0.3 is 4.43 Å². The summed E-state index contributed by atoms with van der Waals surface area (Å²) in [5.41, 5.74) is 0. The molecule has 3 unspecified atom stereocenters. The summed E-state index contributed by atoms with van der Waals surface area (Å²) < 4.78 is 5.76. The maximum atomic E-state index is 5.76. The van der Waals surface area contributed by atoms with E-state index in [1.807, 2.05) is 0 Å². The summed E-state index contributed by atoms with van der Waals surface area (Å²) in [5, 5.41) is 0. The van der Waals surface area contributed by atoms with Crippen molar-refractivity contribution in [2.75, 3.05) is 6.61 Å². The summed E-state index contributed by atoms with van der Waals surface area (Å²) in [5.74, 6) is 1.97. The van der Waals surface area contributed by atoms with Gasteiger partial charge in [-0.15, -0.1) is 0 Å². The SMILES string of the molecule is CCC(C)CC(CC)C[SiH]1CCCO[SiH2]1. The van der Waals surface area contributed by atoms with Crippen LogP contribution in [0.15, 0.2) is 0 Å². The quantitative estimate of drug-likeness (QED) is 0.653. The van der Waals surface area contributed by atoms with Crippen LogP contribution in [-0.2, 0) is 4.43 Å². The largest absolute Gasteiger partial charge is 0.428 e. The normalized spacial score (nSPS) is 27.8. The van der Waals surface area contributed by atoms with Crippen LogP contribution < -0.4 is 0 Å². The summed E-state index contributed by atoms with van der Waals surface area (Å²) in [6.45, 7) is 8.22. The molecule has 1 nitrogen and oxygen atoms in total. The molecule has 0 aromatic heterocycles. The Bertz CT molecular complexity index is 158. The summed E-state index contributed by atoms with van der Waals surface area (Å²) in [6.07, 6.45) is 5.62. The van der Waals surface area contributed by atoms with Crippen LogP contribution in [0.4, 0.5) is 0 Å². The van der Waals surface area contributed by atoms with Crippen molar-refractivity contribution in [3.05, 3.63) is 0 Å². The first kappa shape index (κ1) is 13.5. The molecule has 0 aromatic carbocycles. The number of hydrogen-bond acceptors (Lipinski definition) is 1. The van der Waals surface area contributed by atoms with Gasteiger partial charge in [-0.2, -0.15) is 0 Å². The molecule has 0 amide bonds. The van der Waals surface area contributed by atoms with E-state index in [9.17, 15) is 0 Å². The topological polar surface area (TPSA) is 9.23 Å². The summed E-state index contributed by atoms with van der Waals surface area (Å²) in [4.78, 5) is 0. The molecule has 0 spiro atoms. The minimum atomic E-state index is -0.355. The van der Waals surface area contributed by atoms with Gasteiger partial charge in [0.05, 0.1) is 8.31 Å². The van der Waals surface area contributed by atoms with Gasteiger partial charge >= 0.3 is 0 Å². The van der Waals surface area contributed by atoms with Gasteiger partial charge in [-0.1, -0.05) is 45.7 Å². The second-order valence-corrected chi connectivity index (χ2v) is 13.3. The molecule has 1 aliphatic heterocycles. The van der Waals surface area contributed by atoms with Crippen LogP contribution in [-0.4, -0.2) is 24.2 Å². The highest BCUT2D eigenvalue weighted by atomic mass is 29.2. The molecule has 1 saturated heterocycles. The van der Waals surface area contributed by atoms with Crippen LogP contribution in [0.25, 0.3) is 0 Å². The number of rotatable bonds is 6. The fraction of sp³-hybridized carbons (Fsp3) is 1.00. The molecule has 1 heterocycles. The number of hydrogen-bond donors (Lipinski definition) is 0. The standard InChI is InChI=1S/C12H28OSi2/c1-4-11(3)9-12(5-2)10-15-8-6-7-13-14-15/h11-12,15H,4-10,14H2,1-3H3. The van der Waals surface area contributed by atoms with Crippen molar-refractivity contribution in [1.82, 2.24) is 0 Å². The van der Waals surface area contributed by atoms with E-state index in [-0.39, 0.29) is 17.6 Å². The zero-order valence-corrected chi connectivity index (χ0v) is 13.4. The third-order valence-corrected chi connectivity index (χ3v) is 11.8. The summed E-state index contributed by atoms with van der Waals surface area (Å²) in [7, 11) is -0.386. The first-order chi connectivity index (χ1) is 7.26. The Morgan fingerprint density at radius 3 is 2.67 bits per heavy atom. The predicted octanol–water partition coefficient (Wildman–Crippen LogP) is 2.68. The minimum absolute atomic E-state index is 0.0309. The lowest BCUT2D eigenvalue weighted by molar-refractivity contribution is 0.333. The van der Waals surface area contributed by atoms with E-state index >= 15 is 0 Å². The summed E-state index contributed by atoms with van der Waals surface area (Å²) in [6, 6.07) is 3.20. The van der Waals surface area contributed by atoms with Crippen LogP contribution >= 0.6 is 0 Å². The molecule has 0 radical (unpaired) electrons. The predicted molar refractivity (Wildman–Crippen MR) is 73.7 cm³/mol. The molecule has 1 aliphatic rings. The molecule has 1 fully saturated rings. The van der Waals surface area contributed by atoms with Crippen molar-refractivity contribution in [3.63, 3.8) is 0 Å². The second-order valence-electron chi connectivity index (χ2n) is 5.34. The smallest absolute Gasteiger partial charge is 0.147 e. The van der Waals surface area contributed by atoms with Gasteiger partial charge in [0.15, 0.2) is 0 Å². The van der Waals surface area contributed by atoms with E-state index in [1.54, 1.807) is 12.1 Å². The van der Waals surface area contributed by atoms with Gasteiger partial charge in [-0.05, 0) is 24.7 Å². The van der Waals surface area contributed by atoms with Crippen molar-refractivity contribution in [2.24, 2.45) is 11.8 Å². The molecule has 1 rings (SSSR count). The van der Waals surface area contributed by atoms with Crippen LogP contribution in [0.2, 0.25) is 12.1 Å². The molecule has 15 heavy (non-hydrogen) atoms. The Hall–Kier alpha value is 0.394. The first-order valence-corrected chi connectivity index (χ1v) is 12.3. The van der Waals surface area contributed by atoms with Crippen LogP contribution in [0.1, 0.15) is 46.5 Å². The molecule has 0 saturated carbocycles. The molecular weight excluding hydrogens is 216 g/mol. The molecule has 3 atom stereocenters. The second kappa shape index (κ2) is 7.63. The summed E-state index contributed by atoms with van der Waals surface area (Å²) >= 11 is 0. The highest BCUT2D eigenvalue weighted by Crippen LogP contribution is 2.25. The Morgan fingerprint density at radius 1 is 1.33 bits per heavy atom. The van der Waals surface area contributed by atoms with Gasteiger partial charge in [0.1, 0.15) is 9.28 Å². The average Bonchev–Trinajstić information content (AvgIpc) is 2.29. The zero-order valence-electron chi connectivity index (χ0n) is 10.8. The lowest BCUT2D eigenvalue weighted by Crippen LogP contribution is -2.32. The minimum Gasteiger partial charge on any atom is -0.428 e. The van der Waals surface area contributed by atoms with Crippen LogP contribution in [0.5, 0.6) is 0 Å². The highest BCUT2D eigenvalue weighted by Gasteiger charge is 2.21. The lowest BCUT2D eigenvalue weighted by atomic mass is 9.93. The average molecular weight is 245 g/mol. The van der Waals surface area contributed by atoms with E-state index < -0.39 is 0 Å². The van der Waals surface area contributed by atoms with Crippen molar-refractivity contribution in [1.29, 1.82) is 0 Å². The van der Waals surface area contributed by atoms with E-state index in [0.717, 1.165) is 18.4 Å². The van der Waals surface area contributed by atoms with E-state index in [2.05, 4.69) is 20.8 Å². The van der Waals surface area contributed by atoms with Crippen molar-refractivity contribution >= 4 is 17.6 Å². The molecule has 0 aromatic rings. The highest BCUT2D eigenvalue weighted by molar-refractivity contribution is 7.10. The van der Waals surface area contributed by atoms with Gasteiger partial charge in [0, 0.05) is 6.61 Å². The van der Waals surface area contributed by atoms with Gasteiger partial charge in [0.25, 0.3) is 0 Å². The van der Waals surface area contributed by atoms with Crippen LogP contribution in [0.3, 0.4) is 0 Å². The lowest BCUT2D eigenvalue weighted by Gasteiger charge is -2.26. The Labute approximate surface area is 99.3 Å². The Balaban J connectivity index is 2.25. The fourth-order valence-corrected chi connectivity index (χ4v) is 10.8. The van der Waals surface area contributed by atoms with E-state index in [0.29, 0.717) is 0 Å². The van der Waals surface area contributed by atoms with Gasteiger partial charge in [0.2, 0.25) is 0 Å². The molecular formula is C12H28OSi2. The van der Waals surface area contributed by atoms with Crippen molar-refractivity contribution in [2.45, 2.75) is 58.5 Å². The third kappa shape index (κ3) is 5.32. The zero-order chi connectivity index (χ0) is 11.1. The van der Waals surface area contributed by atoms with Crippen LogP contribution in [0, 0.1) is 11.8 Å². The fourth-order valence-electron chi connectivity index (χ4n) is 2.63. The molecule has 3 heteroatoms. The first-order valence-electron chi connectivity index (χ1n) is 6.83. The van der Waals surface area contributed by atoms with Gasteiger partial charge in [-0.25, -0.2) is 0 Å². The van der Waals surface area contributed by atoms with Gasteiger partial charge in [-0.3, -0.25) is 0 Å². The van der Waals surface area contributed by atoms with Crippen molar-refractivity contribution in [3.8, 4) is 0 Å². The molecule has 0 aliphatic carbocycles. The molecule has 0 N–H and O–H groups in total. The maximum absolute atomic E-state index is 5.76. The Kier molecular flexibility index (Phi) is 6.85. The maximum Gasteiger partial charge on any atom is 0.147 e. The molecule has 0 bridgehead atoms. The molecule has 90 valence electrons. The van der Waals surface area contributed by atoms with Crippen molar-refractivity contribution < 1.29 is 4.43 Å². The third-order valence-electron chi connectivity index (χ3n) is 3.93. The Morgan fingerprint density at radius 2 is 2.13 bits per heavy atom.